The zero-order valence-corrected chi connectivity index (χ0v) is 11.3. The zero-order valence-electron chi connectivity index (χ0n) is 11.3. The Labute approximate surface area is 101 Å². The Bertz CT molecular complexity index is 180. The third-order valence-electron chi connectivity index (χ3n) is 3.65. The summed E-state index contributed by atoms with van der Waals surface area (Å²) in [6.07, 6.45) is 9.04. The van der Waals surface area contributed by atoms with Crippen LogP contribution in [0.1, 0.15) is 65.7 Å². The van der Waals surface area contributed by atoms with E-state index in [0.29, 0.717) is 18.1 Å². The van der Waals surface area contributed by atoms with E-state index in [-0.39, 0.29) is 0 Å². The van der Waals surface area contributed by atoms with Crippen molar-refractivity contribution in [2.75, 3.05) is 0 Å². The van der Waals surface area contributed by atoms with E-state index in [1.165, 1.54) is 44.9 Å². The lowest BCUT2D eigenvalue weighted by molar-refractivity contribution is 0.307. The third kappa shape index (κ3) is 5.86. The van der Waals surface area contributed by atoms with Crippen molar-refractivity contribution >= 4 is 0 Å². The van der Waals surface area contributed by atoms with Gasteiger partial charge < -0.3 is 11.1 Å². The summed E-state index contributed by atoms with van der Waals surface area (Å²) in [4.78, 5) is 0. The first-order chi connectivity index (χ1) is 7.58. The molecule has 0 aromatic carbocycles. The highest BCUT2D eigenvalue weighted by molar-refractivity contribution is 4.81. The molecule has 2 nitrogen and oxygen atoms in total. The Morgan fingerprint density at radius 2 is 1.94 bits per heavy atom. The van der Waals surface area contributed by atoms with E-state index >= 15 is 0 Å². The van der Waals surface area contributed by atoms with Crippen LogP contribution in [-0.4, -0.2) is 18.1 Å². The SMILES string of the molecule is CC(C)CCCC(C)NC1CCCC(N)C1. The predicted molar refractivity (Wildman–Crippen MR) is 71.5 cm³/mol. The molecular weight excluding hydrogens is 196 g/mol. The average molecular weight is 226 g/mol. The van der Waals surface area contributed by atoms with Gasteiger partial charge in [-0.2, -0.15) is 0 Å². The van der Waals surface area contributed by atoms with Gasteiger partial charge in [0, 0.05) is 18.1 Å². The van der Waals surface area contributed by atoms with Crippen LogP contribution in [0.25, 0.3) is 0 Å². The van der Waals surface area contributed by atoms with Gasteiger partial charge in [0.2, 0.25) is 0 Å². The molecule has 0 spiro atoms. The molecule has 0 amide bonds. The fourth-order valence-electron chi connectivity index (χ4n) is 2.70. The largest absolute Gasteiger partial charge is 0.328 e. The summed E-state index contributed by atoms with van der Waals surface area (Å²) in [5.41, 5.74) is 6.00. The maximum Gasteiger partial charge on any atom is 0.00842 e. The van der Waals surface area contributed by atoms with Crippen molar-refractivity contribution < 1.29 is 0 Å². The molecule has 0 saturated heterocycles. The van der Waals surface area contributed by atoms with Crippen LogP contribution in [0.15, 0.2) is 0 Å². The van der Waals surface area contributed by atoms with E-state index in [0.717, 1.165) is 5.92 Å². The second-order valence-corrected chi connectivity index (χ2v) is 6.02. The maximum absolute atomic E-state index is 6.00. The molecule has 1 aliphatic rings. The second-order valence-electron chi connectivity index (χ2n) is 6.02. The molecule has 0 aliphatic heterocycles. The Kier molecular flexibility index (Phi) is 6.37. The maximum atomic E-state index is 6.00. The monoisotopic (exact) mass is 226 g/mol. The van der Waals surface area contributed by atoms with Crippen LogP contribution < -0.4 is 11.1 Å². The van der Waals surface area contributed by atoms with Crippen molar-refractivity contribution in [1.82, 2.24) is 5.32 Å². The first-order valence-electron chi connectivity index (χ1n) is 7.09. The molecule has 1 fully saturated rings. The number of hydrogen-bond acceptors (Lipinski definition) is 2. The second kappa shape index (κ2) is 7.29. The summed E-state index contributed by atoms with van der Waals surface area (Å²) in [7, 11) is 0. The molecule has 96 valence electrons. The molecule has 1 saturated carbocycles. The van der Waals surface area contributed by atoms with Gasteiger partial charge in [-0.3, -0.25) is 0 Å². The summed E-state index contributed by atoms with van der Waals surface area (Å²) in [6.45, 7) is 6.93. The minimum atomic E-state index is 0.439. The minimum Gasteiger partial charge on any atom is -0.328 e. The number of hydrogen-bond donors (Lipinski definition) is 2. The quantitative estimate of drug-likeness (QED) is 0.730. The highest BCUT2D eigenvalue weighted by Crippen LogP contribution is 2.18. The molecule has 0 radical (unpaired) electrons. The predicted octanol–water partition coefficient (Wildman–Crippen LogP) is 3.06. The highest BCUT2D eigenvalue weighted by Gasteiger charge is 2.20. The van der Waals surface area contributed by atoms with Gasteiger partial charge in [0.1, 0.15) is 0 Å². The summed E-state index contributed by atoms with van der Waals surface area (Å²) in [5.74, 6) is 0.843. The Balaban J connectivity index is 2.10. The Morgan fingerprint density at radius 1 is 1.19 bits per heavy atom. The van der Waals surface area contributed by atoms with E-state index in [9.17, 15) is 0 Å². The normalized spacial score (nSPS) is 28.3. The molecule has 16 heavy (non-hydrogen) atoms. The van der Waals surface area contributed by atoms with Crippen LogP contribution in [0.4, 0.5) is 0 Å². The number of rotatable bonds is 6. The first-order valence-corrected chi connectivity index (χ1v) is 7.09. The van der Waals surface area contributed by atoms with Crippen molar-refractivity contribution in [3.05, 3.63) is 0 Å². The van der Waals surface area contributed by atoms with Crippen LogP contribution in [0.2, 0.25) is 0 Å². The molecular formula is C14H30N2. The lowest BCUT2D eigenvalue weighted by Gasteiger charge is -2.30. The van der Waals surface area contributed by atoms with Crippen LogP contribution in [0.5, 0.6) is 0 Å². The standard InChI is InChI=1S/C14H30N2/c1-11(2)6-4-7-12(3)16-14-9-5-8-13(15)10-14/h11-14,16H,4-10,15H2,1-3H3. The number of nitrogens with two attached hydrogens (primary N) is 1. The Morgan fingerprint density at radius 3 is 2.56 bits per heavy atom. The lowest BCUT2D eigenvalue weighted by atomic mass is 9.91. The average Bonchev–Trinajstić information content (AvgIpc) is 2.16. The molecule has 0 heterocycles. The van der Waals surface area contributed by atoms with E-state index < -0.39 is 0 Å². The van der Waals surface area contributed by atoms with Crippen LogP contribution in [0, 0.1) is 5.92 Å². The molecule has 1 rings (SSSR count). The molecule has 0 bridgehead atoms. The third-order valence-corrected chi connectivity index (χ3v) is 3.65. The fourth-order valence-corrected chi connectivity index (χ4v) is 2.70. The number of nitrogens with one attached hydrogen (secondary N) is 1. The lowest BCUT2D eigenvalue weighted by Crippen LogP contribution is -2.43. The van der Waals surface area contributed by atoms with Gasteiger partial charge in [-0.1, -0.05) is 33.1 Å². The van der Waals surface area contributed by atoms with Crippen molar-refractivity contribution in [2.24, 2.45) is 11.7 Å². The van der Waals surface area contributed by atoms with Gasteiger partial charge in [0.05, 0.1) is 0 Å². The summed E-state index contributed by atoms with van der Waals surface area (Å²) in [6, 6.07) is 1.78. The molecule has 0 aromatic rings. The summed E-state index contributed by atoms with van der Waals surface area (Å²) < 4.78 is 0. The van der Waals surface area contributed by atoms with E-state index in [4.69, 9.17) is 5.73 Å². The van der Waals surface area contributed by atoms with Gasteiger partial charge in [-0.15, -0.1) is 0 Å². The van der Waals surface area contributed by atoms with E-state index in [2.05, 4.69) is 26.1 Å². The molecule has 3 atom stereocenters. The summed E-state index contributed by atoms with van der Waals surface area (Å²) in [5, 5.41) is 3.74. The molecule has 2 heteroatoms. The van der Waals surface area contributed by atoms with Gasteiger partial charge in [0.25, 0.3) is 0 Å². The van der Waals surface area contributed by atoms with Crippen LogP contribution in [-0.2, 0) is 0 Å². The molecule has 3 unspecified atom stereocenters. The van der Waals surface area contributed by atoms with E-state index in [1.807, 2.05) is 0 Å². The molecule has 0 aromatic heterocycles. The fraction of sp³-hybridized carbons (Fsp3) is 1.00. The summed E-state index contributed by atoms with van der Waals surface area (Å²) >= 11 is 0. The van der Waals surface area contributed by atoms with Crippen LogP contribution in [0.3, 0.4) is 0 Å². The van der Waals surface area contributed by atoms with Crippen molar-refractivity contribution in [3.63, 3.8) is 0 Å². The van der Waals surface area contributed by atoms with Gasteiger partial charge >= 0.3 is 0 Å². The molecule has 3 N–H and O–H groups in total. The first kappa shape index (κ1) is 14.0. The molecule has 1 aliphatic carbocycles. The minimum absolute atomic E-state index is 0.439. The van der Waals surface area contributed by atoms with Crippen molar-refractivity contribution in [2.45, 2.75) is 83.8 Å². The smallest absolute Gasteiger partial charge is 0.00842 e. The van der Waals surface area contributed by atoms with Crippen molar-refractivity contribution in [1.29, 1.82) is 0 Å². The van der Waals surface area contributed by atoms with E-state index in [1.54, 1.807) is 0 Å². The zero-order chi connectivity index (χ0) is 12.0. The van der Waals surface area contributed by atoms with Gasteiger partial charge in [0.15, 0.2) is 0 Å². The van der Waals surface area contributed by atoms with Crippen molar-refractivity contribution in [3.8, 4) is 0 Å². The highest BCUT2D eigenvalue weighted by atomic mass is 14.9. The van der Waals surface area contributed by atoms with Gasteiger partial charge in [-0.25, -0.2) is 0 Å². The van der Waals surface area contributed by atoms with Gasteiger partial charge in [-0.05, 0) is 38.5 Å². The van der Waals surface area contributed by atoms with Crippen LogP contribution >= 0.6 is 0 Å². The Hall–Kier alpha value is -0.0800. The topological polar surface area (TPSA) is 38.0 Å².